The van der Waals surface area contributed by atoms with Crippen molar-refractivity contribution in [1.29, 1.82) is 0 Å². The second-order valence-corrected chi connectivity index (χ2v) is 26.8. The summed E-state index contributed by atoms with van der Waals surface area (Å²) < 4.78 is 27.2. The van der Waals surface area contributed by atoms with Gasteiger partial charge in [-0.2, -0.15) is 0 Å². The van der Waals surface area contributed by atoms with E-state index in [4.69, 9.17) is 18.9 Å². The molecular weight excluding hydrogens is 1040 g/mol. The molecule has 0 aliphatic heterocycles. The van der Waals surface area contributed by atoms with Gasteiger partial charge < -0.3 is 23.8 Å². The lowest BCUT2D eigenvalue weighted by atomic mass is 9.96. The van der Waals surface area contributed by atoms with Gasteiger partial charge in [0.25, 0.3) is 0 Å². The van der Waals surface area contributed by atoms with E-state index in [-0.39, 0.29) is 11.9 Å². The van der Waals surface area contributed by atoms with Crippen LogP contribution in [0.3, 0.4) is 0 Å². The lowest BCUT2D eigenvalue weighted by Crippen LogP contribution is -2.48. The van der Waals surface area contributed by atoms with E-state index in [1.165, 1.54) is 334 Å². The van der Waals surface area contributed by atoms with Crippen LogP contribution in [0.1, 0.15) is 400 Å². The number of ether oxygens (including phenoxy) is 4. The van der Waals surface area contributed by atoms with E-state index in [2.05, 4.69) is 95.3 Å². The van der Waals surface area contributed by atoms with Crippen molar-refractivity contribution in [3.8, 4) is 0 Å². The Morgan fingerprint density at radius 2 is 0.518 bits per heavy atom. The third-order valence-corrected chi connectivity index (χ3v) is 17.6. The molecule has 5 heteroatoms. The molecule has 0 aromatic carbocycles. The van der Waals surface area contributed by atoms with Crippen molar-refractivity contribution in [3.05, 3.63) is 48.6 Å². The Hall–Kier alpha value is -1.24. The predicted molar refractivity (Wildman–Crippen MR) is 381 cm³/mol. The lowest BCUT2D eigenvalue weighted by molar-refractivity contribution is -0.167. The molecule has 504 valence electrons. The van der Waals surface area contributed by atoms with Crippen LogP contribution in [0.25, 0.3) is 0 Å². The average molecular weight is 1200 g/mol. The summed E-state index contributed by atoms with van der Waals surface area (Å²) in [6.07, 6.45) is 95.1. The molecule has 0 fully saturated rings. The number of allylic oxidation sites excluding steroid dienone is 8. The van der Waals surface area contributed by atoms with Crippen molar-refractivity contribution in [3.63, 3.8) is 0 Å². The highest BCUT2D eigenvalue weighted by atomic mass is 16.7. The predicted octanol–water partition coefficient (Wildman–Crippen LogP) is 26.6. The maximum Gasteiger partial charge on any atom is 0.157 e. The Bertz CT molecular complexity index is 1300. The summed E-state index contributed by atoms with van der Waals surface area (Å²) in [6.45, 7) is 13.9. The van der Waals surface area contributed by atoms with Crippen LogP contribution in [0, 0.1) is 0 Å². The summed E-state index contributed by atoms with van der Waals surface area (Å²) in [5, 5.41) is 0. The largest absolute Gasteiger partial charge is 0.378 e. The molecule has 0 spiro atoms. The van der Waals surface area contributed by atoms with Gasteiger partial charge in [-0.25, -0.2) is 0 Å². The number of nitrogens with zero attached hydrogens (tertiary/aromatic N) is 1. The molecule has 0 radical (unpaired) electrons. The highest BCUT2D eigenvalue weighted by molar-refractivity contribution is 4.86. The first-order chi connectivity index (χ1) is 42.0. The van der Waals surface area contributed by atoms with E-state index in [9.17, 15) is 0 Å². The third-order valence-electron chi connectivity index (χ3n) is 17.6. The van der Waals surface area contributed by atoms with Gasteiger partial charge in [0.05, 0.1) is 6.61 Å². The zero-order valence-electron chi connectivity index (χ0n) is 59.0. The topological polar surface area (TPSA) is 40.2 Å². The van der Waals surface area contributed by atoms with Crippen molar-refractivity contribution < 1.29 is 18.9 Å². The first kappa shape index (κ1) is 83.8. The summed E-state index contributed by atoms with van der Waals surface area (Å²) in [5.74, 6) is 0. The number of rotatable bonds is 74. The van der Waals surface area contributed by atoms with Gasteiger partial charge in [0.1, 0.15) is 5.60 Å². The van der Waals surface area contributed by atoms with Crippen molar-refractivity contribution in [2.75, 3.05) is 53.7 Å². The Morgan fingerprint density at radius 1 is 0.282 bits per heavy atom. The fourth-order valence-corrected chi connectivity index (χ4v) is 12.0. The number of hydrogen-bond acceptors (Lipinski definition) is 5. The molecule has 0 saturated heterocycles. The Kier molecular flexibility index (Phi) is 72.4. The molecular formula is C80H155NO4. The number of unbranched alkanes of at least 4 members (excludes halogenated alkanes) is 48. The van der Waals surface area contributed by atoms with Crippen LogP contribution >= 0.6 is 0 Å². The third kappa shape index (κ3) is 68.5. The van der Waals surface area contributed by atoms with E-state index in [1.807, 2.05) is 0 Å². The molecule has 0 saturated carbocycles. The summed E-state index contributed by atoms with van der Waals surface area (Å²) in [5.41, 5.74) is -0.383. The van der Waals surface area contributed by atoms with Gasteiger partial charge >= 0.3 is 0 Å². The summed E-state index contributed by atoms with van der Waals surface area (Å²) in [4.78, 5) is 2.32. The monoisotopic (exact) mass is 1190 g/mol. The van der Waals surface area contributed by atoms with Crippen LogP contribution in [0.4, 0.5) is 0 Å². The minimum absolute atomic E-state index is 0.197. The minimum Gasteiger partial charge on any atom is -0.378 e. The molecule has 0 bridgehead atoms. The zero-order valence-corrected chi connectivity index (χ0v) is 59.0. The second kappa shape index (κ2) is 73.5. The molecule has 0 heterocycles. The first-order valence-electron chi connectivity index (χ1n) is 38.7. The molecule has 0 rings (SSSR count). The van der Waals surface area contributed by atoms with E-state index in [0.717, 1.165) is 71.5 Å². The van der Waals surface area contributed by atoms with Crippen LogP contribution in [-0.4, -0.2) is 70.5 Å². The van der Waals surface area contributed by atoms with Gasteiger partial charge in [-0.3, -0.25) is 0 Å². The van der Waals surface area contributed by atoms with Crippen LogP contribution < -0.4 is 0 Å². The molecule has 0 aliphatic carbocycles. The minimum atomic E-state index is -0.383. The summed E-state index contributed by atoms with van der Waals surface area (Å²) >= 11 is 0. The van der Waals surface area contributed by atoms with Gasteiger partial charge in [-0.1, -0.05) is 307 Å². The van der Waals surface area contributed by atoms with Crippen LogP contribution in [0.15, 0.2) is 48.6 Å². The molecule has 0 aromatic rings. The normalized spacial score (nSPS) is 13.1. The van der Waals surface area contributed by atoms with Crippen molar-refractivity contribution in [2.45, 2.75) is 412 Å². The van der Waals surface area contributed by atoms with E-state index in [0.29, 0.717) is 6.61 Å². The molecule has 5 nitrogen and oxygen atoms in total. The van der Waals surface area contributed by atoms with Crippen LogP contribution in [0.5, 0.6) is 0 Å². The smallest absolute Gasteiger partial charge is 0.157 e. The average Bonchev–Trinajstić information content (AvgIpc) is 3.53. The Labute approximate surface area is 535 Å². The SMILES string of the molecule is CCCCCCCC/C=C\CCCCCCCCOCC(CCC(OCCCCCCCC/C=C\CCCCCCCC)OCCCCCCCC/C=C\CCCCCCCC)(CN(C)C)OCCCCCCCC/C=C\CCCCCCCC. The maximum atomic E-state index is 7.12. The number of hydrogen-bond donors (Lipinski definition) is 0. The van der Waals surface area contributed by atoms with Gasteiger partial charge in [0.15, 0.2) is 6.29 Å². The van der Waals surface area contributed by atoms with Gasteiger partial charge in [-0.15, -0.1) is 0 Å². The lowest BCUT2D eigenvalue weighted by Gasteiger charge is -2.37. The molecule has 0 N–H and O–H groups in total. The molecule has 0 aliphatic rings. The second-order valence-electron chi connectivity index (χ2n) is 26.8. The van der Waals surface area contributed by atoms with E-state index < -0.39 is 0 Å². The summed E-state index contributed by atoms with van der Waals surface area (Å²) in [7, 11) is 4.42. The number of likely N-dealkylation sites (N-methyl/N-ethyl adjacent to an activating group) is 1. The van der Waals surface area contributed by atoms with Crippen molar-refractivity contribution in [2.24, 2.45) is 0 Å². The van der Waals surface area contributed by atoms with E-state index in [1.54, 1.807) is 0 Å². The fourth-order valence-electron chi connectivity index (χ4n) is 12.0. The van der Waals surface area contributed by atoms with Crippen molar-refractivity contribution >= 4 is 0 Å². The molecule has 0 aromatic heterocycles. The highest BCUT2D eigenvalue weighted by Crippen LogP contribution is 2.26. The maximum absolute atomic E-state index is 7.12. The molecule has 85 heavy (non-hydrogen) atoms. The van der Waals surface area contributed by atoms with Crippen LogP contribution in [0.2, 0.25) is 0 Å². The van der Waals surface area contributed by atoms with Gasteiger partial charge in [-0.05, 0) is 149 Å². The fraction of sp³-hybridized carbons (Fsp3) is 0.900. The Balaban J connectivity index is 5.36. The van der Waals surface area contributed by atoms with Gasteiger partial charge in [0.2, 0.25) is 0 Å². The van der Waals surface area contributed by atoms with Crippen molar-refractivity contribution in [1.82, 2.24) is 4.90 Å². The molecule has 0 amide bonds. The zero-order chi connectivity index (χ0) is 61.4. The van der Waals surface area contributed by atoms with Gasteiger partial charge in [0, 0.05) is 39.4 Å². The standard InChI is InChI=1S/C80H155NO4/c1-7-11-15-19-23-27-31-35-39-43-47-51-55-59-63-67-73-82-78-80(77-81(5)6,85-76-70-66-62-58-54-50-46-42-38-34-30-26-22-18-14-10-4)72-71-79(83-74-68-64-60-56-52-48-44-40-36-32-28-24-20-16-12-8-2)84-75-69-65-61-57-53-49-45-41-37-33-29-25-21-17-13-9-3/h35-42,79H,7-34,43-78H2,1-6H3/b39-35-,40-36-,41-37-,42-38-. The highest BCUT2D eigenvalue weighted by Gasteiger charge is 2.33. The Morgan fingerprint density at radius 3 is 0.788 bits per heavy atom. The molecule has 1 atom stereocenters. The van der Waals surface area contributed by atoms with Crippen LogP contribution in [-0.2, 0) is 18.9 Å². The summed E-state index contributed by atoms with van der Waals surface area (Å²) in [6, 6.07) is 0. The van der Waals surface area contributed by atoms with E-state index >= 15 is 0 Å². The first-order valence-corrected chi connectivity index (χ1v) is 38.7. The quantitative estimate of drug-likeness (QED) is 0.0345. The molecule has 1 unspecified atom stereocenters.